The number of rotatable bonds is 5. The third-order valence-electron chi connectivity index (χ3n) is 2.71. The van der Waals surface area contributed by atoms with E-state index in [1.165, 1.54) is 16.4 Å². The first-order chi connectivity index (χ1) is 9.47. The van der Waals surface area contributed by atoms with E-state index in [0.717, 1.165) is 6.07 Å². The smallest absolute Gasteiger partial charge is 0.243 e. The summed E-state index contributed by atoms with van der Waals surface area (Å²) in [5, 5.41) is 8.57. The first-order valence-electron chi connectivity index (χ1n) is 6.36. The highest BCUT2D eigenvalue weighted by Crippen LogP contribution is 2.19. The maximum Gasteiger partial charge on any atom is 0.243 e. The Labute approximate surface area is 119 Å². The second-order valence-electron chi connectivity index (χ2n) is 4.10. The van der Waals surface area contributed by atoms with E-state index in [1.54, 1.807) is 6.92 Å². The maximum atomic E-state index is 13.8. The van der Waals surface area contributed by atoms with Crippen molar-refractivity contribution in [3.05, 3.63) is 29.6 Å². The van der Waals surface area contributed by atoms with E-state index in [-0.39, 0.29) is 17.1 Å². The number of sulfonamides is 1. The van der Waals surface area contributed by atoms with Gasteiger partial charge in [-0.15, -0.1) is 0 Å². The molecule has 1 rings (SSSR count). The number of hydrogen-bond donors (Lipinski definition) is 1. The average Bonchev–Trinajstić information content (AvgIpc) is 2.43. The molecule has 6 heteroatoms. The van der Waals surface area contributed by atoms with Crippen molar-refractivity contribution in [2.24, 2.45) is 0 Å². The van der Waals surface area contributed by atoms with E-state index >= 15 is 0 Å². The Hall–Kier alpha value is -1.42. The Morgan fingerprint density at radius 3 is 2.55 bits per heavy atom. The maximum absolute atomic E-state index is 13.8. The van der Waals surface area contributed by atoms with Crippen LogP contribution in [0.2, 0.25) is 0 Å². The average molecular weight is 299 g/mol. The first kappa shape index (κ1) is 16.6. The molecule has 0 radical (unpaired) electrons. The lowest BCUT2D eigenvalue weighted by molar-refractivity contribution is 0.350. The number of aliphatic hydroxyl groups is 1. The number of aliphatic hydroxyl groups excluding tert-OH is 1. The molecular formula is C14H18FNO3S. The summed E-state index contributed by atoms with van der Waals surface area (Å²) >= 11 is 0. The van der Waals surface area contributed by atoms with Crippen LogP contribution in [0.25, 0.3) is 0 Å². The molecule has 110 valence electrons. The Kier molecular flexibility index (Phi) is 6.14. The minimum Gasteiger partial charge on any atom is -0.384 e. The molecule has 1 N–H and O–H groups in total. The van der Waals surface area contributed by atoms with Crippen LogP contribution >= 0.6 is 0 Å². The van der Waals surface area contributed by atoms with Crippen LogP contribution < -0.4 is 0 Å². The van der Waals surface area contributed by atoms with Crippen molar-refractivity contribution in [1.29, 1.82) is 0 Å². The number of nitrogens with zero attached hydrogens (tertiary/aromatic N) is 1. The second kappa shape index (κ2) is 7.39. The van der Waals surface area contributed by atoms with E-state index < -0.39 is 15.8 Å². The van der Waals surface area contributed by atoms with E-state index in [0.29, 0.717) is 19.5 Å². The Balaban J connectivity index is 3.17. The van der Waals surface area contributed by atoms with Crippen LogP contribution in [-0.4, -0.2) is 37.5 Å². The van der Waals surface area contributed by atoms with Crippen molar-refractivity contribution in [3.8, 4) is 11.8 Å². The fraction of sp³-hybridized carbons (Fsp3) is 0.429. The molecule has 0 aliphatic rings. The highest BCUT2D eigenvalue weighted by Gasteiger charge is 2.23. The summed E-state index contributed by atoms with van der Waals surface area (Å²) < 4.78 is 39.7. The molecule has 1 aromatic carbocycles. The first-order valence-corrected chi connectivity index (χ1v) is 7.80. The summed E-state index contributed by atoms with van der Waals surface area (Å²) in [7, 11) is -3.68. The minimum absolute atomic E-state index is 0.0662. The largest absolute Gasteiger partial charge is 0.384 e. The van der Waals surface area contributed by atoms with Crippen LogP contribution in [0.4, 0.5) is 4.39 Å². The monoisotopic (exact) mass is 299 g/mol. The van der Waals surface area contributed by atoms with Crippen LogP contribution in [0.1, 0.15) is 25.8 Å². The van der Waals surface area contributed by atoms with Crippen molar-refractivity contribution in [3.63, 3.8) is 0 Å². The van der Waals surface area contributed by atoms with E-state index in [2.05, 4.69) is 11.8 Å². The lowest BCUT2D eigenvalue weighted by Gasteiger charge is -2.19. The van der Waals surface area contributed by atoms with Crippen molar-refractivity contribution in [2.75, 3.05) is 19.7 Å². The fourth-order valence-electron chi connectivity index (χ4n) is 1.74. The summed E-state index contributed by atoms with van der Waals surface area (Å²) in [5.41, 5.74) is 0.0662. The van der Waals surface area contributed by atoms with Gasteiger partial charge in [-0.2, -0.15) is 4.31 Å². The molecule has 0 aromatic heterocycles. The van der Waals surface area contributed by atoms with Gasteiger partial charge in [-0.25, -0.2) is 12.8 Å². The van der Waals surface area contributed by atoms with Crippen LogP contribution in [-0.2, 0) is 10.0 Å². The second-order valence-corrected chi connectivity index (χ2v) is 6.04. The molecule has 0 unspecified atom stereocenters. The lowest BCUT2D eigenvalue weighted by atomic mass is 10.2. The zero-order chi connectivity index (χ0) is 15.2. The zero-order valence-corrected chi connectivity index (χ0v) is 12.4. The fourth-order valence-corrected chi connectivity index (χ4v) is 3.29. The Bertz CT molecular complexity index is 617. The van der Waals surface area contributed by atoms with Crippen LogP contribution in [0.5, 0.6) is 0 Å². The summed E-state index contributed by atoms with van der Waals surface area (Å²) in [6.45, 7) is 3.98. The molecule has 1 aromatic rings. The van der Waals surface area contributed by atoms with Crippen molar-refractivity contribution in [2.45, 2.75) is 25.2 Å². The van der Waals surface area contributed by atoms with Gasteiger partial charge in [0.25, 0.3) is 0 Å². The molecule has 0 amide bonds. The van der Waals surface area contributed by atoms with Gasteiger partial charge >= 0.3 is 0 Å². The highest BCUT2D eigenvalue weighted by molar-refractivity contribution is 7.89. The minimum atomic E-state index is -3.68. The zero-order valence-electron chi connectivity index (χ0n) is 11.6. The van der Waals surface area contributed by atoms with Gasteiger partial charge in [0.2, 0.25) is 10.0 Å². The normalized spacial score (nSPS) is 11.2. The van der Waals surface area contributed by atoms with E-state index in [1.807, 2.05) is 6.92 Å². The van der Waals surface area contributed by atoms with Gasteiger partial charge in [0.15, 0.2) is 0 Å². The topological polar surface area (TPSA) is 57.6 Å². The van der Waals surface area contributed by atoms with Gasteiger partial charge in [0, 0.05) is 13.1 Å². The molecule has 0 aliphatic heterocycles. The van der Waals surface area contributed by atoms with Crippen LogP contribution in [0, 0.1) is 17.7 Å². The van der Waals surface area contributed by atoms with E-state index in [9.17, 15) is 12.8 Å². The van der Waals surface area contributed by atoms with E-state index in [4.69, 9.17) is 5.11 Å². The molecule has 4 nitrogen and oxygen atoms in total. The highest BCUT2D eigenvalue weighted by atomic mass is 32.2. The third kappa shape index (κ3) is 3.79. The SMILES string of the molecule is CCCN(CC)S(=O)(=O)c1ccc(C#CCO)c(F)c1. The van der Waals surface area contributed by atoms with Gasteiger partial charge < -0.3 is 5.11 Å². The van der Waals surface area contributed by atoms with Gasteiger partial charge in [-0.05, 0) is 24.6 Å². The summed E-state index contributed by atoms with van der Waals surface area (Å²) in [6.07, 6.45) is 0.690. The quantitative estimate of drug-likeness (QED) is 0.840. The number of hydrogen-bond acceptors (Lipinski definition) is 3. The van der Waals surface area contributed by atoms with Gasteiger partial charge in [0.05, 0.1) is 10.5 Å². The molecule has 20 heavy (non-hydrogen) atoms. The van der Waals surface area contributed by atoms with Crippen molar-refractivity contribution in [1.82, 2.24) is 4.31 Å². The van der Waals surface area contributed by atoms with Crippen molar-refractivity contribution < 1.29 is 17.9 Å². The van der Waals surface area contributed by atoms with Crippen LogP contribution in [0.3, 0.4) is 0 Å². The molecule has 0 fully saturated rings. The molecular weight excluding hydrogens is 281 g/mol. The van der Waals surface area contributed by atoms with Gasteiger partial charge in [-0.3, -0.25) is 0 Å². The Morgan fingerprint density at radius 1 is 1.35 bits per heavy atom. The van der Waals surface area contributed by atoms with Gasteiger partial charge in [0.1, 0.15) is 12.4 Å². The summed E-state index contributed by atoms with van der Waals surface area (Å²) in [4.78, 5) is -0.0835. The predicted octanol–water partition coefficient (Wildman–Crippen LogP) is 1.59. The van der Waals surface area contributed by atoms with Crippen molar-refractivity contribution >= 4 is 10.0 Å². The van der Waals surface area contributed by atoms with Gasteiger partial charge in [-0.1, -0.05) is 25.7 Å². The standard InChI is InChI=1S/C14H18FNO3S/c1-3-9-16(4-2)20(18,19)13-8-7-12(6-5-10-17)14(15)11-13/h7-8,11,17H,3-4,9-10H2,1-2H3. The molecule has 0 saturated heterocycles. The Morgan fingerprint density at radius 2 is 2.05 bits per heavy atom. The molecule has 0 atom stereocenters. The lowest BCUT2D eigenvalue weighted by Crippen LogP contribution is -2.31. The third-order valence-corrected chi connectivity index (χ3v) is 4.68. The van der Waals surface area contributed by atoms with Crippen LogP contribution in [0.15, 0.2) is 23.1 Å². The molecule has 0 bridgehead atoms. The molecule has 0 saturated carbocycles. The summed E-state index contributed by atoms with van der Waals surface area (Å²) in [5.74, 6) is 4.04. The molecule has 0 aliphatic carbocycles. The summed E-state index contributed by atoms with van der Waals surface area (Å²) in [6, 6.07) is 3.61. The predicted molar refractivity (Wildman–Crippen MR) is 75.1 cm³/mol. The number of benzene rings is 1. The number of halogens is 1. The molecule has 0 spiro atoms. The molecule has 0 heterocycles.